The van der Waals surface area contributed by atoms with Crippen LogP contribution in [0.25, 0.3) is 22.0 Å². The molecule has 25 heavy (non-hydrogen) atoms. The normalized spacial score (nSPS) is 17.7. The zero-order valence-electron chi connectivity index (χ0n) is 14.2. The van der Waals surface area contributed by atoms with E-state index in [1.54, 1.807) is 11.3 Å². The Bertz CT molecular complexity index is 938. The molecule has 0 aliphatic carbocycles. The molecule has 0 radical (unpaired) electrons. The number of hydrogen-bond acceptors (Lipinski definition) is 4. The van der Waals surface area contributed by atoms with Crippen molar-refractivity contribution in [1.82, 2.24) is 4.98 Å². The third-order valence-electron chi connectivity index (χ3n) is 4.67. The highest BCUT2D eigenvalue weighted by molar-refractivity contribution is 7.08. The van der Waals surface area contributed by atoms with Crippen LogP contribution in [0.1, 0.15) is 24.8 Å². The minimum absolute atomic E-state index is 0.0260. The van der Waals surface area contributed by atoms with Gasteiger partial charge in [0.25, 0.3) is 0 Å². The topological polar surface area (TPSA) is 51.3 Å². The van der Waals surface area contributed by atoms with Crippen LogP contribution in [-0.2, 0) is 4.74 Å². The second-order valence-electron chi connectivity index (χ2n) is 6.53. The van der Waals surface area contributed by atoms with Crippen molar-refractivity contribution < 1.29 is 9.47 Å². The number of nitrogens with one attached hydrogen (secondary N) is 1. The van der Waals surface area contributed by atoms with Crippen LogP contribution in [0.2, 0.25) is 0 Å². The molecule has 1 saturated heterocycles. The van der Waals surface area contributed by atoms with Gasteiger partial charge in [-0.3, -0.25) is 4.79 Å². The summed E-state index contributed by atoms with van der Waals surface area (Å²) in [7, 11) is 0. The van der Waals surface area contributed by atoms with Gasteiger partial charge >= 0.3 is 0 Å². The van der Waals surface area contributed by atoms with E-state index in [0.717, 1.165) is 30.5 Å². The van der Waals surface area contributed by atoms with E-state index in [4.69, 9.17) is 9.47 Å². The molecule has 0 spiro atoms. The van der Waals surface area contributed by atoms with E-state index in [0.29, 0.717) is 17.9 Å². The number of aromatic nitrogens is 1. The molecule has 0 saturated carbocycles. The predicted octanol–water partition coefficient (Wildman–Crippen LogP) is 4.51. The number of rotatable bonds is 4. The number of pyridine rings is 1. The summed E-state index contributed by atoms with van der Waals surface area (Å²) < 4.78 is 11.5. The van der Waals surface area contributed by atoms with Gasteiger partial charge in [0.1, 0.15) is 6.61 Å². The van der Waals surface area contributed by atoms with Crippen LogP contribution < -0.4 is 10.2 Å². The molecule has 1 unspecified atom stereocenters. The summed E-state index contributed by atoms with van der Waals surface area (Å²) >= 11 is 1.69. The number of fused-ring (bicyclic) bond motifs is 1. The number of hydrogen-bond donors (Lipinski definition) is 1. The Morgan fingerprint density at radius 1 is 1.28 bits per heavy atom. The quantitative estimate of drug-likeness (QED) is 0.749. The van der Waals surface area contributed by atoms with Crippen molar-refractivity contribution in [1.29, 1.82) is 0 Å². The van der Waals surface area contributed by atoms with E-state index in [-0.39, 0.29) is 11.5 Å². The van der Waals surface area contributed by atoms with E-state index in [9.17, 15) is 4.79 Å². The van der Waals surface area contributed by atoms with Crippen LogP contribution in [0.5, 0.6) is 5.88 Å². The van der Waals surface area contributed by atoms with E-state index in [1.807, 2.05) is 18.2 Å². The number of aromatic amines is 1. The van der Waals surface area contributed by atoms with Gasteiger partial charge in [0.2, 0.25) is 0 Å². The molecule has 1 fully saturated rings. The summed E-state index contributed by atoms with van der Waals surface area (Å²) in [6.45, 7) is 3.37. The zero-order valence-corrected chi connectivity index (χ0v) is 15.0. The molecule has 5 heteroatoms. The number of thiophene rings is 1. The number of H-pyrrole nitrogens is 1. The molecule has 1 aliphatic rings. The Kier molecular flexibility index (Phi) is 4.59. The second-order valence-corrected chi connectivity index (χ2v) is 7.27. The summed E-state index contributed by atoms with van der Waals surface area (Å²) in [5.41, 5.74) is 4.33. The number of benzene rings is 1. The summed E-state index contributed by atoms with van der Waals surface area (Å²) in [4.78, 5) is 15.6. The first-order chi connectivity index (χ1) is 12.2. The van der Waals surface area contributed by atoms with Crippen LogP contribution >= 0.6 is 11.3 Å². The fourth-order valence-electron chi connectivity index (χ4n) is 3.25. The SMILES string of the molecule is Cc1cscc1-c1ccc2c(=O)cc(OCC3CCCCO3)[nH]c2c1. The highest BCUT2D eigenvalue weighted by atomic mass is 32.1. The predicted molar refractivity (Wildman–Crippen MR) is 102 cm³/mol. The molecular weight excluding hydrogens is 334 g/mol. The Morgan fingerprint density at radius 3 is 2.96 bits per heavy atom. The van der Waals surface area contributed by atoms with Crippen LogP contribution in [0.15, 0.2) is 39.8 Å². The minimum Gasteiger partial charge on any atom is -0.476 e. The van der Waals surface area contributed by atoms with Crippen molar-refractivity contribution in [2.24, 2.45) is 0 Å². The minimum atomic E-state index is -0.0260. The van der Waals surface area contributed by atoms with E-state index < -0.39 is 0 Å². The van der Waals surface area contributed by atoms with Crippen molar-refractivity contribution in [3.63, 3.8) is 0 Å². The van der Waals surface area contributed by atoms with Crippen molar-refractivity contribution >= 4 is 22.2 Å². The molecule has 0 amide bonds. The standard InChI is InChI=1S/C20H21NO3S/c1-13-11-25-12-17(13)14-5-6-16-18(8-14)21-20(9-19(16)22)24-10-15-4-2-3-7-23-15/h5-6,8-9,11-12,15H,2-4,7,10H2,1H3,(H,21,22). The molecule has 1 aromatic carbocycles. The molecule has 1 atom stereocenters. The summed E-state index contributed by atoms with van der Waals surface area (Å²) in [6.07, 6.45) is 3.42. The Balaban J connectivity index is 1.62. The number of ether oxygens (including phenoxy) is 2. The second kappa shape index (κ2) is 7.02. The maximum atomic E-state index is 12.4. The number of aryl methyl sites for hydroxylation is 1. The molecule has 1 N–H and O–H groups in total. The maximum absolute atomic E-state index is 12.4. The van der Waals surface area contributed by atoms with Gasteiger partial charge in [0.05, 0.1) is 11.6 Å². The van der Waals surface area contributed by atoms with Gasteiger partial charge in [0.15, 0.2) is 11.3 Å². The van der Waals surface area contributed by atoms with Crippen LogP contribution in [0.3, 0.4) is 0 Å². The average Bonchev–Trinajstić information content (AvgIpc) is 3.06. The molecule has 3 aromatic rings. The zero-order chi connectivity index (χ0) is 17.2. The van der Waals surface area contributed by atoms with Gasteiger partial charge in [-0.05, 0) is 65.8 Å². The first kappa shape index (κ1) is 16.4. The molecule has 1 aliphatic heterocycles. The maximum Gasteiger partial charge on any atom is 0.195 e. The lowest BCUT2D eigenvalue weighted by atomic mass is 10.0. The lowest BCUT2D eigenvalue weighted by Crippen LogP contribution is -2.26. The third kappa shape index (κ3) is 3.48. The van der Waals surface area contributed by atoms with Crippen molar-refractivity contribution in [2.45, 2.75) is 32.3 Å². The summed E-state index contributed by atoms with van der Waals surface area (Å²) in [5, 5.41) is 4.94. The lowest BCUT2D eigenvalue weighted by Gasteiger charge is -2.22. The lowest BCUT2D eigenvalue weighted by molar-refractivity contribution is -0.0119. The first-order valence-electron chi connectivity index (χ1n) is 8.65. The largest absolute Gasteiger partial charge is 0.476 e. The Morgan fingerprint density at radius 2 is 2.20 bits per heavy atom. The fraction of sp³-hybridized carbons (Fsp3) is 0.350. The third-order valence-corrected chi connectivity index (χ3v) is 5.53. The Hall–Kier alpha value is -2.11. The molecule has 4 rings (SSSR count). The van der Waals surface area contributed by atoms with Crippen LogP contribution in [-0.4, -0.2) is 24.3 Å². The fourth-order valence-corrected chi connectivity index (χ4v) is 4.11. The molecule has 130 valence electrons. The average molecular weight is 355 g/mol. The highest BCUT2D eigenvalue weighted by Gasteiger charge is 2.15. The molecule has 0 bridgehead atoms. The molecular formula is C20H21NO3S. The monoisotopic (exact) mass is 355 g/mol. The smallest absolute Gasteiger partial charge is 0.195 e. The molecule has 3 heterocycles. The van der Waals surface area contributed by atoms with E-state index in [1.165, 1.54) is 23.6 Å². The van der Waals surface area contributed by atoms with Gasteiger partial charge in [-0.15, -0.1) is 0 Å². The van der Waals surface area contributed by atoms with Gasteiger partial charge in [-0.1, -0.05) is 6.07 Å². The van der Waals surface area contributed by atoms with Crippen LogP contribution in [0.4, 0.5) is 0 Å². The molecule has 4 nitrogen and oxygen atoms in total. The van der Waals surface area contributed by atoms with Crippen LogP contribution in [0, 0.1) is 6.92 Å². The van der Waals surface area contributed by atoms with E-state index >= 15 is 0 Å². The van der Waals surface area contributed by atoms with Gasteiger partial charge in [0, 0.05) is 18.1 Å². The summed E-state index contributed by atoms with van der Waals surface area (Å²) in [5.74, 6) is 0.505. The van der Waals surface area contributed by atoms with Gasteiger partial charge in [-0.25, -0.2) is 0 Å². The van der Waals surface area contributed by atoms with E-state index in [2.05, 4.69) is 22.7 Å². The van der Waals surface area contributed by atoms with Crippen molar-refractivity contribution in [2.75, 3.05) is 13.2 Å². The first-order valence-corrected chi connectivity index (χ1v) is 9.59. The molecule has 2 aromatic heterocycles. The van der Waals surface area contributed by atoms with Crippen molar-refractivity contribution in [3.8, 4) is 17.0 Å². The van der Waals surface area contributed by atoms with Gasteiger partial charge < -0.3 is 14.5 Å². The van der Waals surface area contributed by atoms with Crippen molar-refractivity contribution in [3.05, 3.63) is 50.8 Å². The highest BCUT2D eigenvalue weighted by Crippen LogP contribution is 2.28. The van der Waals surface area contributed by atoms with Gasteiger partial charge in [-0.2, -0.15) is 11.3 Å². The Labute approximate surface area is 150 Å². The summed E-state index contributed by atoms with van der Waals surface area (Å²) in [6, 6.07) is 7.44.